The molecule has 0 aliphatic carbocycles. The number of aliphatic carboxylic acids is 1. The molecule has 1 saturated heterocycles. The number of carboxylic acid groups (broad SMARTS) is 1. The van der Waals surface area contributed by atoms with Crippen molar-refractivity contribution in [1.29, 1.82) is 0 Å². The summed E-state index contributed by atoms with van der Waals surface area (Å²) >= 11 is 0. The Hall–Kier alpha value is -1.14. The van der Waals surface area contributed by atoms with Crippen molar-refractivity contribution in [2.45, 2.75) is 64.6 Å². The lowest BCUT2D eigenvalue weighted by molar-refractivity contribution is -0.139. The first kappa shape index (κ1) is 17.9. The molecular formula is C15H28N2O4. The largest absolute Gasteiger partial charge is 0.481 e. The summed E-state index contributed by atoms with van der Waals surface area (Å²) in [6, 6.07) is 0.0795. The van der Waals surface area contributed by atoms with E-state index in [1.807, 2.05) is 13.8 Å². The van der Waals surface area contributed by atoms with E-state index in [1.165, 1.54) is 0 Å². The molecule has 0 radical (unpaired) electrons. The second-order valence-corrected chi connectivity index (χ2v) is 5.74. The maximum absolute atomic E-state index is 12.1. The SMILES string of the molecule is CCC(C)NC(=O)C(C)N1CCC(OCCC(=O)O)CC1. The molecule has 1 fully saturated rings. The molecule has 0 aromatic rings. The van der Waals surface area contributed by atoms with E-state index in [1.54, 1.807) is 0 Å². The molecule has 0 spiro atoms. The normalized spacial score (nSPS) is 20.0. The molecule has 122 valence electrons. The topological polar surface area (TPSA) is 78.9 Å². The predicted octanol–water partition coefficient (Wildman–Crippen LogP) is 1.25. The minimum absolute atomic E-state index is 0.0495. The molecule has 1 aliphatic rings. The molecule has 2 atom stereocenters. The van der Waals surface area contributed by atoms with Crippen molar-refractivity contribution >= 4 is 11.9 Å². The molecule has 2 N–H and O–H groups in total. The van der Waals surface area contributed by atoms with Gasteiger partial charge in [0, 0.05) is 19.1 Å². The first-order chi connectivity index (χ1) is 9.93. The van der Waals surface area contributed by atoms with E-state index in [2.05, 4.69) is 17.1 Å². The van der Waals surface area contributed by atoms with Gasteiger partial charge in [-0.15, -0.1) is 0 Å². The molecule has 6 nitrogen and oxygen atoms in total. The number of nitrogens with zero attached hydrogens (tertiary/aromatic N) is 1. The van der Waals surface area contributed by atoms with Gasteiger partial charge >= 0.3 is 5.97 Å². The van der Waals surface area contributed by atoms with Crippen LogP contribution in [0.3, 0.4) is 0 Å². The van der Waals surface area contributed by atoms with Gasteiger partial charge in [-0.3, -0.25) is 14.5 Å². The summed E-state index contributed by atoms with van der Waals surface area (Å²) in [4.78, 5) is 24.7. The van der Waals surface area contributed by atoms with Crippen molar-refractivity contribution in [3.8, 4) is 0 Å². The van der Waals surface area contributed by atoms with Crippen molar-refractivity contribution in [2.24, 2.45) is 0 Å². The Bertz CT molecular complexity index is 341. The number of nitrogens with one attached hydrogen (secondary N) is 1. The molecular weight excluding hydrogens is 272 g/mol. The zero-order valence-electron chi connectivity index (χ0n) is 13.3. The zero-order valence-corrected chi connectivity index (χ0v) is 13.3. The van der Waals surface area contributed by atoms with E-state index < -0.39 is 5.97 Å². The van der Waals surface area contributed by atoms with E-state index in [9.17, 15) is 9.59 Å². The first-order valence-electron chi connectivity index (χ1n) is 7.81. The molecule has 0 aromatic heterocycles. The van der Waals surface area contributed by atoms with Crippen molar-refractivity contribution in [2.75, 3.05) is 19.7 Å². The van der Waals surface area contributed by atoms with Crippen LogP contribution in [-0.4, -0.2) is 59.8 Å². The fourth-order valence-electron chi connectivity index (χ4n) is 2.37. The number of carboxylic acids is 1. The molecule has 0 bridgehead atoms. The van der Waals surface area contributed by atoms with Crippen LogP contribution in [0, 0.1) is 0 Å². The Morgan fingerprint density at radius 2 is 1.95 bits per heavy atom. The second kappa shape index (κ2) is 9.00. The van der Waals surface area contributed by atoms with Gasteiger partial charge < -0.3 is 15.2 Å². The summed E-state index contributed by atoms with van der Waals surface area (Å²) in [6.07, 6.45) is 2.79. The number of rotatable bonds is 8. The quantitative estimate of drug-likeness (QED) is 0.705. The maximum Gasteiger partial charge on any atom is 0.305 e. The van der Waals surface area contributed by atoms with Crippen molar-refractivity contribution < 1.29 is 19.4 Å². The Balaban J connectivity index is 2.28. The minimum atomic E-state index is -0.831. The highest BCUT2D eigenvalue weighted by Gasteiger charge is 2.27. The smallest absolute Gasteiger partial charge is 0.305 e. The van der Waals surface area contributed by atoms with Crippen LogP contribution in [-0.2, 0) is 14.3 Å². The lowest BCUT2D eigenvalue weighted by Crippen LogP contribution is -2.50. The highest BCUT2D eigenvalue weighted by atomic mass is 16.5. The Morgan fingerprint density at radius 3 is 2.48 bits per heavy atom. The van der Waals surface area contributed by atoms with Gasteiger partial charge in [0.25, 0.3) is 0 Å². The van der Waals surface area contributed by atoms with Crippen LogP contribution in [0.5, 0.6) is 0 Å². The second-order valence-electron chi connectivity index (χ2n) is 5.74. The van der Waals surface area contributed by atoms with Gasteiger partial charge in [0.2, 0.25) is 5.91 Å². The van der Waals surface area contributed by atoms with Gasteiger partial charge in [-0.1, -0.05) is 6.92 Å². The third-order valence-electron chi connectivity index (χ3n) is 4.07. The molecule has 1 heterocycles. The zero-order chi connectivity index (χ0) is 15.8. The number of hydrogen-bond donors (Lipinski definition) is 2. The number of amides is 1. The number of piperidine rings is 1. The Kier molecular flexibility index (Phi) is 7.67. The summed E-state index contributed by atoms with van der Waals surface area (Å²) in [5.74, 6) is -0.752. The lowest BCUT2D eigenvalue weighted by Gasteiger charge is -2.35. The summed E-state index contributed by atoms with van der Waals surface area (Å²) in [5, 5.41) is 11.6. The molecule has 6 heteroatoms. The Labute approximate surface area is 126 Å². The van der Waals surface area contributed by atoms with Crippen LogP contribution in [0.25, 0.3) is 0 Å². The minimum Gasteiger partial charge on any atom is -0.481 e. The summed E-state index contributed by atoms with van der Waals surface area (Å²) in [5.41, 5.74) is 0. The van der Waals surface area contributed by atoms with E-state index in [4.69, 9.17) is 9.84 Å². The van der Waals surface area contributed by atoms with Gasteiger partial charge in [-0.2, -0.15) is 0 Å². The van der Waals surface area contributed by atoms with Crippen LogP contribution in [0.2, 0.25) is 0 Å². The number of carbonyl (C=O) groups is 2. The van der Waals surface area contributed by atoms with Crippen LogP contribution >= 0.6 is 0 Å². The number of likely N-dealkylation sites (tertiary alicyclic amines) is 1. The molecule has 0 saturated carbocycles. The molecule has 21 heavy (non-hydrogen) atoms. The van der Waals surface area contributed by atoms with E-state index in [0.717, 1.165) is 32.4 Å². The molecule has 0 aromatic carbocycles. The van der Waals surface area contributed by atoms with Crippen molar-refractivity contribution in [3.63, 3.8) is 0 Å². The predicted molar refractivity (Wildman–Crippen MR) is 80.2 cm³/mol. The average Bonchev–Trinajstić information content (AvgIpc) is 2.46. The van der Waals surface area contributed by atoms with Crippen LogP contribution in [0.1, 0.15) is 46.5 Å². The summed E-state index contributed by atoms with van der Waals surface area (Å²) < 4.78 is 5.56. The van der Waals surface area contributed by atoms with E-state index >= 15 is 0 Å². The summed E-state index contributed by atoms with van der Waals surface area (Å²) in [6.45, 7) is 7.88. The molecule has 2 unspecified atom stereocenters. The molecule has 1 aliphatic heterocycles. The van der Waals surface area contributed by atoms with Crippen LogP contribution < -0.4 is 5.32 Å². The highest BCUT2D eigenvalue weighted by Crippen LogP contribution is 2.16. The van der Waals surface area contributed by atoms with Crippen molar-refractivity contribution in [1.82, 2.24) is 10.2 Å². The van der Waals surface area contributed by atoms with E-state index in [0.29, 0.717) is 0 Å². The lowest BCUT2D eigenvalue weighted by atomic mass is 10.1. The van der Waals surface area contributed by atoms with Gasteiger partial charge in [0.05, 0.1) is 25.2 Å². The highest BCUT2D eigenvalue weighted by molar-refractivity contribution is 5.81. The fraction of sp³-hybridized carbons (Fsp3) is 0.867. The van der Waals surface area contributed by atoms with Crippen LogP contribution in [0.4, 0.5) is 0 Å². The van der Waals surface area contributed by atoms with Gasteiger partial charge in [0.15, 0.2) is 0 Å². The first-order valence-corrected chi connectivity index (χ1v) is 7.81. The standard InChI is InChI=1S/C15H28N2O4/c1-4-11(2)16-15(20)12(3)17-8-5-13(6-9-17)21-10-7-14(18)19/h11-13H,4-10H2,1-3H3,(H,16,20)(H,18,19). The van der Waals surface area contributed by atoms with Crippen molar-refractivity contribution in [3.05, 3.63) is 0 Å². The van der Waals surface area contributed by atoms with Gasteiger partial charge in [0.1, 0.15) is 0 Å². The maximum atomic E-state index is 12.1. The number of carbonyl (C=O) groups excluding carboxylic acids is 1. The Morgan fingerprint density at radius 1 is 1.33 bits per heavy atom. The third kappa shape index (κ3) is 6.44. The number of hydrogen-bond acceptors (Lipinski definition) is 4. The van der Waals surface area contributed by atoms with Gasteiger partial charge in [-0.25, -0.2) is 0 Å². The fourth-order valence-corrected chi connectivity index (χ4v) is 2.37. The summed E-state index contributed by atoms with van der Waals surface area (Å²) in [7, 11) is 0. The third-order valence-corrected chi connectivity index (χ3v) is 4.07. The average molecular weight is 300 g/mol. The molecule has 1 rings (SSSR count). The van der Waals surface area contributed by atoms with Gasteiger partial charge in [-0.05, 0) is 33.1 Å². The number of ether oxygens (including phenoxy) is 1. The van der Waals surface area contributed by atoms with Crippen LogP contribution in [0.15, 0.2) is 0 Å². The monoisotopic (exact) mass is 300 g/mol. The molecule has 1 amide bonds. The van der Waals surface area contributed by atoms with E-state index in [-0.39, 0.29) is 37.1 Å².